The van der Waals surface area contributed by atoms with E-state index in [0.717, 1.165) is 17.9 Å². The van der Waals surface area contributed by atoms with Crippen LogP contribution in [-0.4, -0.2) is 46.8 Å². The highest BCUT2D eigenvalue weighted by Crippen LogP contribution is 2.17. The van der Waals surface area contributed by atoms with Gasteiger partial charge in [-0.3, -0.25) is 14.4 Å². The predicted molar refractivity (Wildman–Crippen MR) is 125 cm³/mol. The third kappa shape index (κ3) is 8.77. The fourth-order valence-corrected chi connectivity index (χ4v) is 3.18. The summed E-state index contributed by atoms with van der Waals surface area (Å²) in [5.74, 6) is -0.486. The molecule has 4 N–H and O–H groups in total. The van der Waals surface area contributed by atoms with Crippen LogP contribution in [0.4, 0.5) is 0 Å². The van der Waals surface area contributed by atoms with E-state index in [0.29, 0.717) is 18.7 Å². The summed E-state index contributed by atoms with van der Waals surface area (Å²) in [4.78, 5) is 43.1. The Morgan fingerprint density at radius 2 is 1.94 bits per heavy atom. The number of hydrogen-bond donors (Lipinski definition) is 4. The van der Waals surface area contributed by atoms with Crippen LogP contribution in [0.2, 0.25) is 0 Å². The quantitative estimate of drug-likeness (QED) is 0.511. The Morgan fingerprint density at radius 1 is 1.24 bits per heavy atom. The number of H-pyrrole nitrogens is 1. The molecule has 3 amide bonds. The molecule has 1 aromatic carbocycles. The lowest BCUT2D eigenvalue weighted by atomic mass is 9.92. The Balaban J connectivity index is 0.000000890. The lowest BCUT2D eigenvalue weighted by Crippen LogP contribution is -2.44. The smallest absolute Gasteiger partial charge is 0.287 e. The summed E-state index contributed by atoms with van der Waals surface area (Å²) < 4.78 is 0. The highest BCUT2D eigenvalue weighted by atomic mass is 16.2. The number of nitrogens with zero attached hydrogens (tertiary/aromatic N) is 2. The van der Waals surface area contributed by atoms with Gasteiger partial charge in [0.1, 0.15) is 6.04 Å². The van der Waals surface area contributed by atoms with E-state index < -0.39 is 17.9 Å². The van der Waals surface area contributed by atoms with Crippen LogP contribution in [0.15, 0.2) is 36.5 Å². The number of amides is 3. The van der Waals surface area contributed by atoms with Crippen molar-refractivity contribution in [1.29, 1.82) is 5.26 Å². The predicted octanol–water partition coefficient (Wildman–Crippen LogP) is 2.39. The molecule has 1 fully saturated rings. The molecule has 1 aliphatic rings. The van der Waals surface area contributed by atoms with Gasteiger partial charge in [0.2, 0.25) is 11.8 Å². The van der Waals surface area contributed by atoms with E-state index in [2.05, 4.69) is 46.7 Å². The molecule has 9 nitrogen and oxygen atoms in total. The number of hydrogen-bond acceptors (Lipinski definition) is 5. The molecule has 0 radical (unpaired) electrons. The third-order valence-electron chi connectivity index (χ3n) is 4.70. The number of nitrogens with one attached hydrogen (secondary N) is 4. The van der Waals surface area contributed by atoms with Crippen molar-refractivity contribution in [2.45, 2.75) is 46.1 Å². The van der Waals surface area contributed by atoms with Gasteiger partial charge in [0, 0.05) is 12.5 Å². The fraction of sp³-hybridized carbons (Fsp3) is 0.458. The van der Waals surface area contributed by atoms with Crippen LogP contribution in [0.25, 0.3) is 11.3 Å². The van der Waals surface area contributed by atoms with Crippen molar-refractivity contribution in [2.24, 2.45) is 11.8 Å². The number of carbonyl (C=O) groups excluding carboxylic acids is 3. The molecule has 1 aliphatic heterocycles. The van der Waals surface area contributed by atoms with Crippen LogP contribution in [0.3, 0.4) is 0 Å². The van der Waals surface area contributed by atoms with Crippen LogP contribution < -0.4 is 16.0 Å². The number of carbonyl (C=O) groups is 3. The van der Waals surface area contributed by atoms with E-state index in [9.17, 15) is 19.6 Å². The van der Waals surface area contributed by atoms with Crippen LogP contribution >= 0.6 is 0 Å². The molecule has 1 aromatic heterocycles. The van der Waals surface area contributed by atoms with Crippen molar-refractivity contribution in [3.05, 3.63) is 42.4 Å². The van der Waals surface area contributed by atoms with Crippen molar-refractivity contribution < 1.29 is 14.4 Å². The number of aromatic nitrogens is 2. The van der Waals surface area contributed by atoms with Crippen molar-refractivity contribution in [3.8, 4) is 17.3 Å². The molecule has 3 rings (SSSR count). The Morgan fingerprint density at radius 3 is 2.58 bits per heavy atom. The number of rotatable bonds is 7. The van der Waals surface area contributed by atoms with Gasteiger partial charge >= 0.3 is 0 Å². The zero-order valence-corrected chi connectivity index (χ0v) is 19.4. The first kappa shape index (κ1) is 25.6. The van der Waals surface area contributed by atoms with E-state index in [4.69, 9.17) is 0 Å². The molecule has 2 atom stereocenters. The molecule has 2 aromatic rings. The zero-order chi connectivity index (χ0) is 24.2. The Kier molecular flexibility index (Phi) is 10.1. The van der Waals surface area contributed by atoms with Gasteiger partial charge in [-0.05, 0) is 30.7 Å². The molecule has 0 spiro atoms. The molecule has 1 saturated heterocycles. The largest absolute Gasteiger partial charge is 0.356 e. The van der Waals surface area contributed by atoms with Crippen LogP contribution in [-0.2, 0) is 9.59 Å². The molecular formula is C24H32N6O3. The maximum Gasteiger partial charge on any atom is 0.287 e. The van der Waals surface area contributed by atoms with Gasteiger partial charge in [-0.2, -0.15) is 5.26 Å². The van der Waals surface area contributed by atoms with E-state index in [-0.39, 0.29) is 30.6 Å². The summed E-state index contributed by atoms with van der Waals surface area (Å²) in [5, 5.41) is 17.0. The molecule has 0 saturated carbocycles. The standard InChI is InChI=1S/C20H22N6O3.C4H10/c21-10-15(9-14-7-4-8-22-19(14)28)25-17(27)12-24-20(29)18-23-11-16(26-18)13-5-2-1-3-6-13;1-4(2)3/h1-3,5-6,11,14-15H,4,7-9,12H2,(H,22,28)(H,23,26)(H,24,29)(H,25,27);4H,1-3H3/t14-,15-;/m0./s1. The molecular weight excluding hydrogens is 420 g/mol. The second-order valence-corrected chi connectivity index (χ2v) is 8.54. The first-order chi connectivity index (χ1) is 15.8. The maximum atomic E-state index is 12.2. The number of piperidine rings is 1. The van der Waals surface area contributed by atoms with Crippen LogP contribution in [0.1, 0.15) is 50.7 Å². The van der Waals surface area contributed by atoms with Crippen LogP contribution in [0.5, 0.6) is 0 Å². The average molecular weight is 453 g/mol. The summed E-state index contributed by atoms with van der Waals surface area (Å²) in [6.45, 7) is 6.85. The maximum absolute atomic E-state index is 12.2. The normalized spacial score (nSPS) is 16.0. The SMILES string of the molecule is CC(C)C.N#C[C@H](C[C@@H]1CCCNC1=O)NC(=O)CNC(=O)c1ncc(-c2ccccc2)[nH]1. The minimum atomic E-state index is -0.790. The van der Waals surface area contributed by atoms with Gasteiger partial charge in [-0.1, -0.05) is 51.1 Å². The van der Waals surface area contributed by atoms with Gasteiger partial charge in [0.05, 0.1) is 24.5 Å². The van der Waals surface area contributed by atoms with Gasteiger partial charge in [0.15, 0.2) is 5.82 Å². The second kappa shape index (κ2) is 13.0. The summed E-state index contributed by atoms with van der Waals surface area (Å²) in [5.41, 5.74) is 1.58. The van der Waals surface area contributed by atoms with E-state index in [1.54, 1.807) is 6.20 Å². The van der Waals surface area contributed by atoms with Crippen molar-refractivity contribution >= 4 is 17.7 Å². The Bertz CT molecular complexity index is 961. The minimum Gasteiger partial charge on any atom is -0.356 e. The Hall–Kier alpha value is -3.67. The summed E-state index contributed by atoms with van der Waals surface area (Å²) >= 11 is 0. The summed E-state index contributed by atoms with van der Waals surface area (Å²) in [7, 11) is 0. The second-order valence-electron chi connectivity index (χ2n) is 8.54. The molecule has 176 valence electrons. The van der Waals surface area contributed by atoms with Gasteiger partial charge < -0.3 is 20.9 Å². The molecule has 0 aliphatic carbocycles. The molecule has 0 unspecified atom stereocenters. The van der Waals surface area contributed by atoms with Gasteiger partial charge in [-0.25, -0.2) is 4.98 Å². The topological polar surface area (TPSA) is 140 Å². The lowest BCUT2D eigenvalue weighted by molar-refractivity contribution is -0.127. The summed E-state index contributed by atoms with van der Waals surface area (Å²) in [6.07, 6.45) is 3.34. The van der Waals surface area contributed by atoms with Crippen molar-refractivity contribution in [3.63, 3.8) is 0 Å². The minimum absolute atomic E-state index is 0.0902. The number of imidazole rings is 1. The van der Waals surface area contributed by atoms with E-state index in [1.807, 2.05) is 36.4 Å². The van der Waals surface area contributed by atoms with Crippen molar-refractivity contribution in [1.82, 2.24) is 25.9 Å². The lowest BCUT2D eigenvalue weighted by Gasteiger charge is -2.23. The summed E-state index contributed by atoms with van der Waals surface area (Å²) in [6, 6.07) is 10.6. The number of benzene rings is 1. The molecule has 9 heteroatoms. The number of nitriles is 1. The first-order valence-corrected chi connectivity index (χ1v) is 11.2. The van der Waals surface area contributed by atoms with E-state index in [1.165, 1.54) is 0 Å². The first-order valence-electron chi connectivity index (χ1n) is 11.2. The van der Waals surface area contributed by atoms with Crippen molar-refractivity contribution in [2.75, 3.05) is 13.1 Å². The van der Waals surface area contributed by atoms with E-state index >= 15 is 0 Å². The molecule has 0 bridgehead atoms. The highest BCUT2D eigenvalue weighted by Gasteiger charge is 2.26. The average Bonchev–Trinajstić information content (AvgIpc) is 3.29. The third-order valence-corrected chi connectivity index (χ3v) is 4.70. The monoisotopic (exact) mass is 452 g/mol. The van der Waals surface area contributed by atoms with Gasteiger partial charge in [0.25, 0.3) is 5.91 Å². The Labute approximate surface area is 194 Å². The van der Waals surface area contributed by atoms with Crippen LogP contribution in [0, 0.1) is 23.2 Å². The number of aromatic amines is 1. The van der Waals surface area contributed by atoms with Gasteiger partial charge in [-0.15, -0.1) is 0 Å². The highest BCUT2D eigenvalue weighted by molar-refractivity contribution is 5.94. The zero-order valence-electron chi connectivity index (χ0n) is 19.4. The molecule has 33 heavy (non-hydrogen) atoms. The molecule has 2 heterocycles. The fourth-order valence-electron chi connectivity index (χ4n) is 3.18.